The molecule has 0 spiro atoms. The van der Waals surface area contributed by atoms with Crippen molar-refractivity contribution >= 4 is 11.5 Å². The van der Waals surface area contributed by atoms with Crippen LogP contribution in [0.2, 0.25) is 0 Å². The molecule has 2 aromatic carbocycles. The molecule has 0 fully saturated rings. The molecule has 0 bridgehead atoms. The molecule has 31 heavy (non-hydrogen) atoms. The highest BCUT2D eigenvalue weighted by Gasteiger charge is 2.16. The summed E-state index contributed by atoms with van der Waals surface area (Å²) in [6.45, 7) is -0.234. The van der Waals surface area contributed by atoms with Gasteiger partial charge in [0.25, 0.3) is 5.91 Å². The molecular weight excluding hydrogens is 397 g/mol. The molecule has 0 aromatic heterocycles. The van der Waals surface area contributed by atoms with Crippen LogP contribution in [0.5, 0.6) is 11.5 Å². The first kappa shape index (κ1) is 22.7. The van der Waals surface area contributed by atoms with Crippen LogP contribution in [-0.4, -0.2) is 40.0 Å². The number of hydrogen-bond acceptors (Lipinski definition) is 4. The van der Waals surface area contributed by atoms with E-state index in [1.807, 2.05) is 24.3 Å². The Morgan fingerprint density at radius 1 is 1.03 bits per heavy atom. The van der Waals surface area contributed by atoms with Crippen LogP contribution in [0.25, 0.3) is 5.57 Å². The van der Waals surface area contributed by atoms with E-state index in [1.54, 1.807) is 14.2 Å². The lowest BCUT2D eigenvalue weighted by molar-refractivity contribution is -0.115. The number of carbonyl (C=O) groups is 1. The fourth-order valence-electron chi connectivity index (χ4n) is 3.79. The van der Waals surface area contributed by atoms with E-state index in [2.05, 4.69) is 17.4 Å². The number of alkyl halides is 1. The third-order valence-electron chi connectivity index (χ3n) is 5.45. The molecule has 1 N–H and O–H groups in total. The lowest BCUT2D eigenvalue weighted by atomic mass is 9.89. The summed E-state index contributed by atoms with van der Waals surface area (Å²) < 4.78 is 28.4. The SMILES string of the molecule is COc1ccc(CCNC(=O)C(=COCCF)c2ccc3c(c2)CCCC3)cc1OC. The van der Waals surface area contributed by atoms with E-state index in [0.717, 1.165) is 30.4 Å². The topological polar surface area (TPSA) is 56.8 Å². The van der Waals surface area contributed by atoms with Gasteiger partial charge in [0.1, 0.15) is 13.3 Å². The lowest BCUT2D eigenvalue weighted by Gasteiger charge is -2.17. The van der Waals surface area contributed by atoms with Crippen molar-refractivity contribution in [3.63, 3.8) is 0 Å². The summed E-state index contributed by atoms with van der Waals surface area (Å²) in [5.41, 5.74) is 4.84. The highest BCUT2D eigenvalue weighted by atomic mass is 19.1. The van der Waals surface area contributed by atoms with E-state index in [9.17, 15) is 9.18 Å². The summed E-state index contributed by atoms with van der Waals surface area (Å²) in [6.07, 6.45) is 6.45. The van der Waals surface area contributed by atoms with Crippen LogP contribution in [0.4, 0.5) is 4.39 Å². The fraction of sp³-hybridized carbons (Fsp3) is 0.400. The Hall–Kier alpha value is -3.02. The quantitative estimate of drug-likeness (QED) is 0.350. The van der Waals surface area contributed by atoms with Crippen LogP contribution < -0.4 is 14.8 Å². The maximum absolute atomic E-state index is 12.9. The number of aryl methyl sites for hydroxylation is 2. The number of nitrogens with one attached hydrogen (secondary N) is 1. The van der Waals surface area contributed by atoms with Gasteiger partial charge < -0.3 is 19.5 Å². The third-order valence-corrected chi connectivity index (χ3v) is 5.45. The molecule has 3 rings (SSSR count). The Labute approximate surface area is 183 Å². The molecule has 1 amide bonds. The number of rotatable bonds is 10. The molecule has 0 heterocycles. The van der Waals surface area contributed by atoms with E-state index in [1.165, 1.54) is 23.8 Å². The predicted molar refractivity (Wildman–Crippen MR) is 119 cm³/mol. The van der Waals surface area contributed by atoms with E-state index in [4.69, 9.17) is 14.2 Å². The first-order valence-corrected chi connectivity index (χ1v) is 10.6. The number of hydrogen-bond donors (Lipinski definition) is 1. The average Bonchev–Trinajstić information content (AvgIpc) is 2.81. The Morgan fingerprint density at radius 2 is 1.81 bits per heavy atom. The van der Waals surface area contributed by atoms with Crippen molar-refractivity contribution in [2.45, 2.75) is 32.1 Å². The second-order valence-electron chi connectivity index (χ2n) is 7.48. The molecular formula is C25H30FNO4. The summed E-state index contributed by atoms with van der Waals surface area (Å²) in [5.74, 6) is 1.08. The molecule has 2 aromatic rings. The molecule has 0 unspecified atom stereocenters. The normalized spacial score (nSPS) is 13.3. The zero-order chi connectivity index (χ0) is 22.1. The Bertz CT molecular complexity index is 926. The van der Waals surface area contributed by atoms with Gasteiger partial charge in [-0.2, -0.15) is 0 Å². The molecule has 1 aliphatic carbocycles. The van der Waals surface area contributed by atoms with Crippen molar-refractivity contribution in [2.24, 2.45) is 0 Å². The summed E-state index contributed by atoms with van der Waals surface area (Å²) in [6, 6.07) is 11.8. The number of ether oxygens (including phenoxy) is 3. The van der Waals surface area contributed by atoms with E-state index >= 15 is 0 Å². The molecule has 0 saturated heterocycles. The Kier molecular flexibility index (Phi) is 8.33. The minimum atomic E-state index is -0.602. The predicted octanol–water partition coefficient (Wildman–Crippen LogP) is 4.27. The van der Waals surface area contributed by atoms with Gasteiger partial charge in [-0.3, -0.25) is 4.79 Å². The van der Waals surface area contributed by atoms with E-state index in [0.29, 0.717) is 30.0 Å². The molecule has 5 nitrogen and oxygen atoms in total. The summed E-state index contributed by atoms with van der Waals surface area (Å²) in [4.78, 5) is 12.9. The second-order valence-corrected chi connectivity index (χ2v) is 7.48. The van der Waals surface area contributed by atoms with Crippen LogP contribution in [-0.2, 0) is 28.8 Å². The highest BCUT2D eigenvalue weighted by molar-refractivity contribution is 6.19. The van der Waals surface area contributed by atoms with Crippen LogP contribution >= 0.6 is 0 Å². The second kappa shape index (κ2) is 11.4. The van der Waals surface area contributed by atoms with Crippen molar-refractivity contribution in [1.29, 1.82) is 0 Å². The van der Waals surface area contributed by atoms with Gasteiger partial charge in [0.2, 0.25) is 0 Å². The van der Waals surface area contributed by atoms with Crippen molar-refractivity contribution in [1.82, 2.24) is 5.32 Å². The molecule has 0 radical (unpaired) electrons. The van der Waals surface area contributed by atoms with E-state index in [-0.39, 0.29) is 12.5 Å². The largest absolute Gasteiger partial charge is 0.498 e. The van der Waals surface area contributed by atoms with Gasteiger partial charge in [-0.1, -0.05) is 24.3 Å². The van der Waals surface area contributed by atoms with Gasteiger partial charge in [-0.15, -0.1) is 0 Å². The van der Waals surface area contributed by atoms with Gasteiger partial charge in [0, 0.05) is 6.54 Å². The minimum Gasteiger partial charge on any atom is -0.498 e. The number of benzene rings is 2. The van der Waals surface area contributed by atoms with Crippen LogP contribution in [0.1, 0.15) is 35.1 Å². The first-order valence-electron chi connectivity index (χ1n) is 10.6. The third kappa shape index (κ3) is 6.00. The van der Waals surface area contributed by atoms with Crippen molar-refractivity contribution in [3.8, 4) is 11.5 Å². The van der Waals surface area contributed by atoms with E-state index < -0.39 is 6.67 Å². The van der Waals surface area contributed by atoms with Gasteiger partial charge in [0.05, 0.1) is 26.1 Å². The maximum atomic E-state index is 12.9. The fourth-order valence-corrected chi connectivity index (χ4v) is 3.79. The standard InChI is InChI=1S/C25H30FNO4/c1-29-23-10-7-18(15-24(23)30-2)11-13-27-25(28)22(17-31-14-12-26)21-9-8-19-5-3-4-6-20(19)16-21/h7-10,15-17H,3-6,11-14H2,1-2H3,(H,27,28). The Balaban J connectivity index is 1.68. The number of methoxy groups -OCH3 is 2. The van der Waals surface area contributed by atoms with Gasteiger partial charge >= 0.3 is 0 Å². The van der Waals surface area contributed by atoms with Gasteiger partial charge in [0.15, 0.2) is 11.5 Å². The molecule has 1 aliphatic rings. The highest BCUT2D eigenvalue weighted by Crippen LogP contribution is 2.28. The molecule has 0 saturated carbocycles. The summed E-state index contributed by atoms with van der Waals surface area (Å²) in [7, 11) is 3.19. The number of amides is 1. The Morgan fingerprint density at radius 3 is 2.55 bits per heavy atom. The summed E-state index contributed by atoms with van der Waals surface area (Å²) >= 11 is 0. The molecule has 6 heteroatoms. The maximum Gasteiger partial charge on any atom is 0.255 e. The van der Waals surface area contributed by atoms with Crippen LogP contribution in [0, 0.1) is 0 Å². The number of fused-ring (bicyclic) bond motifs is 1. The number of halogens is 1. The first-order chi connectivity index (χ1) is 15.2. The van der Waals surface area contributed by atoms with Crippen LogP contribution in [0.3, 0.4) is 0 Å². The molecule has 166 valence electrons. The molecule has 0 aliphatic heterocycles. The smallest absolute Gasteiger partial charge is 0.255 e. The zero-order valence-corrected chi connectivity index (χ0v) is 18.2. The number of carbonyl (C=O) groups excluding carboxylic acids is 1. The monoisotopic (exact) mass is 427 g/mol. The molecule has 0 atom stereocenters. The minimum absolute atomic E-state index is 0.0760. The lowest BCUT2D eigenvalue weighted by Crippen LogP contribution is -2.27. The van der Waals surface area contributed by atoms with Crippen molar-refractivity contribution in [3.05, 3.63) is 64.9 Å². The van der Waals surface area contributed by atoms with Gasteiger partial charge in [-0.05, 0) is 66.5 Å². The van der Waals surface area contributed by atoms with Gasteiger partial charge in [-0.25, -0.2) is 4.39 Å². The zero-order valence-electron chi connectivity index (χ0n) is 18.2. The average molecular weight is 428 g/mol. The van der Waals surface area contributed by atoms with Crippen molar-refractivity contribution < 1.29 is 23.4 Å². The summed E-state index contributed by atoms with van der Waals surface area (Å²) in [5, 5.41) is 2.95. The van der Waals surface area contributed by atoms with Crippen molar-refractivity contribution in [2.75, 3.05) is 34.0 Å². The van der Waals surface area contributed by atoms with Crippen LogP contribution in [0.15, 0.2) is 42.7 Å².